The van der Waals surface area contributed by atoms with Crippen molar-refractivity contribution in [2.24, 2.45) is 0 Å². The molecule has 0 aliphatic rings. The summed E-state index contributed by atoms with van der Waals surface area (Å²) in [4.78, 5) is 12.0. The van der Waals surface area contributed by atoms with E-state index in [4.69, 9.17) is 11.6 Å². The average molecular weight is 395 g/mol. The van der Waals surface area contributed by atoms with E-state index in [0.29, 0.717) is 5.69 Å². The van der Waals surface area contributed by atoms with Gasteiger partial charge in [0.1, 0.15) is 4.90 Å². The molecule has 0 saturated carbocycles. The molecule has 0 spiro atoms. The number of halogens is 1. The van der Waals surface area contributed by atoms with Gasteiger partial charge >= 0.3 is 0 Å². The molecule has 26 heavy (non-hydrogen) atoms. The summed E-state index contributed by atoms with van der Waals surface area (Å²) in [5, 5.41) is 2.90. The molecule has 0 aliphatic heterocycles. The third-order valence-electron chi connectivity index (χ3n) is 3.80. The molecule has 0 saturated heterocycles. The van der Waals surface area contributed by atoms with E-state index in [1.54, 1.807) is 12.1 Å². The second-order valence-electron chi connectivity index (χ2n) is 6.95. The molecule has 0 bridgehead atoms. The molecule has 5 nitrogen and oxygen atoms in total. The lowest BCUT2D eigenvalue weighted by molar-refractivity contribution is -0.116. The van der Waals surface area contributed by atoms with Gasteiger partial charge in [-0.1, -0.05) is 56.6 Å². The molecule has 0 aliphatic carbocycles. The lowest BCUT2D eigenvalue weighted by Crippen LogP contribution is -2.28. The van der Waals surface area contributed by atoms with Crippen LogP contribution >= 0.6 is 11.6 Å². The van der Waals surface area contributed by atoms with Gasteiger partial charge in [-0.15, -0.1) is 0 Å². The number of carbonyl (C=O) groups is 1. The van der Waals surface area contributed by atoms with E-state index in [9.17, 15) is 13.2 Å². The number of hydrogen-bond acceptors (Lipinski definition) is 3. The summed E-state index contributed by atoms with van der Waals surface area (Å²) in [6, 6.07) is 13.8. The largest absolute Gasteiger partial charge is 0.326 e. The van der Waals surface area contributed by atoms with Gasteiger partial charge in [0.05, 0.1) is 5.02 Å². The second kappa shape index (κ2) is 8.20. The quantitative estimate of drug-likeness (QED) is 0.779. The van der Waals surface area contributed by atoms with Gasteiger partial charge in [0, 0.05) is 18.7 Å². The highest BCUT2D eigenvalue weighted by atomic mass is 35.5. The van der Waals surface area contributed by atoms with E-state index >= 15 is 0 Å². The highest BCUT2D eigenvalue weighted by molar-refractivity contribution is 7.89. The number of rotatable bonds is 6. The first-order chi connectivity index (χ1) is 12.1. The molecule has 1 amide bonds. The van der Waals surface area contributed by atoms with Gasteiger partial charge in [0.2, 0.25) is 15.9 Å². The van der Waals surface area contributed by atoms with Crippen LogP contribution in [-0.4, -0.2) is 20.9 Å². The number of carbonyl (C=O) groups excluding carboxylic acids is 1. The maximum absolute atomic E-state index is 12.2. The van der Waals surface area contributed by atoms with Crippen molar-refractivity contribution in [3.05, 3.63) is 59.1 Å². The van der Waals surface area contributed by atoms with Crippen molar-refractivity contribution in [3.63, 3.8) is 0 Å². The van der Waals surface area contributed by atoms with E-state index in [2.05, 4.69) is 30.8 Å². The van der Waals surface area contributed by atoms with Gasteiger partial charge in [-0.05, 0) is 35.2 Å². The number of sulfonamides is 1. The minimum absolute atomic E-state index is 0.000145. The van der Waals surface area contributed by atoms with Crippen molar-refractivity contribution < 1.29 is 13.2 Å². The topological polar surface area (TPSA) is 75.3 Å². The molecule has 2 aromatic rings. The molecule has 2 rings (SSSR count). The van der Waals surface area contributed by atoms with E-state index in [1.807, 2.05) is 24.3 Å². The van der Waals surface area contributed by atoms with Gasteiger partial charge in [-0.2, -0.15) is 0 Å². The third-order valence-corrected chi connectivity index (χ3v) is 5.77. The Morgan fingerprint density at radius 1 is 1.04 bits per heavy atom. The predicted molar refractivity (Wildman–Crippen MR) is 105 cm³/mol. The number of nitrogens with one attached hydrogen (secondary N) is 2. The van der Waals surface area contributed by atoms with Crippen LogP contribution < -0.4 is 10.0 Å². The zero-order valence-corrected chi connectivity index (χ0v) is 16.6. The fourth-order valence-corrected chi connectivity index (χ4v) is 3.87. The first-order valence-corrected chi connectivity index (χ1v) is 10.1. The van der Waals surface area contributed by atoms with Gasteiger partial charge in [-0.25, -0.2) is 13.1 Å². The first-order valence-electron chi connectivity index (χ1n) is 8.24. The Morgan fingerprint density at radius 3 is 2.23 bits per heavy atom. The van der Waals surface area contributed by atoms with Crippen molar-refractivity contribution in [2.45, 2.75) is 37.5 Å². The Balaban J connectivity index is 1.88. The van der Waals surface area contributed by atoms with Crippen molar-refractivity contribution in [1.29, 1.82) is 0 Å². The number of benzene rings is 2. The number of anilines is 1. The van der Waals surface area contributed by atoms with Gasteiger partial charge in [0.15, 0.2) is 0 Å². The smallest absolute Gasteiger partial charge is 0.242 e. The predicted octanol–water partition coefficient (Wildman–Crippen LogP) is 3.94. The van der Waals surface area contributed by atoms with Crippen molar-refractivity contribution in [1.82, 2.24) is 4.72 Å². The van der Waals surface area contributed by atoms with E-state index in [0.717, 1.165) is 0 Å². The molecular weight excluding hydrogens is 372 g/mol. The van der Waals surface area contributed by atoms with Gasteiger partial charge in [0.25, 0.3) is 0 Å². The number of amides is 1. The van der Waals surface area contributed by atoms with E-state index in [1.165, 1.54) is 17.7 Å². The molecule has 7 heteroatoms. The zero-order chi connectivity index (χ0) is 19.4. The normalized spacial score (nSPS) is 12.0. The Bertz CT molecular complexity index is 872. The van der Waals surface area contributed by atoms with Crippen molar-refractivity contribution >= 4 is 33.2 Å². The Labute approximate surface area is 159 Å². The standard InChI is InChI=1S/C19H23ClN2O3S/c1-19(2,3)14-8-10-15(11-9-14)22-18(23)12-13-21-26(24,25)17-7-5-4-6-16(17)20/h4-11,21H,12-13H2,1-3H3,(H,22,23). The molecule has 0 unspecified atom stereocenters. The van der Waals surface area contributed by atoms with Crippen LogP contribution in [0.15, 0.2) is 53.4 Å². The summed E-state index contributed by atoms with van der Waals surface area (Å²) in [7, 11) is -3.74. The molecule has 2 N–H and O–H groups in total. The maximum atomic E-state index is 12.2. The first kappa shape index (κ1) is 20.4. The molecule has 0 aromatic heterocycles. The van der Waals surface area contributed by atoms with Crippen molar-refractivity contribution in [2.75, 3.05) is 11.9 Å². The molecule has 0 radical (unpaired) electrons. The summed E-state index contributed by atoms with van der Waals surface area (Å²) in [5.41, 5.74) is 1.89. The van der Waals surface area contributed by atoms with Crippen LogP contribution in [-0.2, 0) is 20.2 Å². The van der Waals surface area contributed by atoms with Crippen LogP contribution in [0.3, 0.4) is 0 Å². The number of hydrogen-bond donors (Lipinski definition) is 2. The summed E-state index contributed by atoms with van der Waals surface area (Å²) < 4.78 is 26.8. The van der Waals surface area contributed by atoms with Crippen LogP contribution in [0.5, 0.6) is 0 Å². The van der Waals surface area contributed by atoms with Crippen LogP contribution in [0.4, 0.5) is 5.69 Å². The summed E-state index contributed by atoms with van der Waals surface area (Å²) in [5.74, 6) is -0.268. The minimum Gasteiger partial charge on any atom is -0.326 e. The summed E-state index contributed by atoms with van der Waals surface area (Å²) in [6.45, 7) is 6.34. The van der Waals surface area contributed by atoms with E-state index < -0.39 is 10.0 Å². The minimum atomic E-state index is -3.74. The van der Waals surface area contributed by atoms with Crippen LogP contribution in [0, 0.1) is 0 Å². The lowest BCUT2D eigenvalue weighted by atomic mass is 9.87. The molecular formula is C19H23ClN2O3S. The molecule has 140 valence electrons. The van der Waals surface area contributed by atoms with E-state index in [-0.39, 0.29) is 34.2 Å². The fourth-order valence-electron chi connectivity index (χ4n) is 2.32. The highest BCUT2D eigenvalue weighted by Gasteiger charge is 2.17. The maximum Gasteiger partial charge on any atom is 0.242 e. The van der Waals surface area contributed by atoms with Gasteiger partial charge in [-0.3, -0.25) is 4.79 Å². The Kier molecular flexibility index (Phi) is 6.44. The average Bonchev–Trinajstić information content (AvgIpc) is 2.54. The highest BCUT2D eigenvalue weighted by Crippen LogP contribution is 2.23. The lowest BCUT2D eigenvalue weighted by Gasteiger charge is -2.19. The summed E-state index contributed by atoms with van der Waals surface area (Å²) in [6.07, 6.45) is 0.0186. The van der Waals surface area contributed by atoms with Crippen LogP contribution in [0.2, 0.25) is 5.02 Å². The molecule has 2 aromatic carbocycles. The van der Waals surface area contributed by atoms with Crippen LogP contribution in [0.25, 0.3) is 0 Å². The fraction of sp³-hybridized carbons (Fsp3) is 0.316. The monoisotopic (exact) mass is 394 g/mol. The second-order valence-corrected chi connectivity index (χ2v) is 9.10. The Hall–Kier alpha value is -1.89. The molecule has 0 atom stereocenters. The summed E-state index contributed by atoms with van der Waals surface area (Å²) >= 11 is 5.90. The van der Waals surface area contributed by atoms with Crippen LogP contribution in [0.1, 0.15) is 32.8 Å². The van der Waals surface area contributed by atoms with Gasteiger partial charge < -0.3 is 5.32 Å². The SMILES string of the molecule is CC(C)(C)c1ccc(NC(=O)CCNS(=O)(=O)c2ccccc2Cl)cc1. The Morgan fingerprint density at radius 2 is 1.65 bits per heavy atom. The molecule has 0 fully saturated rings. The third kappa shape index (κ3) is 5.56. The molecule has 0 heterocycles. The van der Waals surface area contributed by atoms with Crippen molar-refractivity contribution in [3.8, 4) is 0 Å². The zero-order valence-electron chi connectivity index (χ0n) is 15.0.